The molecule has 4 rings (SSSR count). The number of β-lactam (4-membered cyclic amide) rings is 1. The van der Waals surface area contributed by atoms with Gasteiger partial charge in [0.25, 0.3) is 0 Å². The van der Waals surface area contributed by atoms with Gasteiger partial charge in [0.2, 0.25) is 5.91 Å². The predicted octanol–water partition coefficient (Wildman–Crippen LogP) is 5.44. The zero-order valence-corrected chi connectivity index (χ0v) is 18.8. The number of hydrogen-bond donors (Lipinski definition) is 1. The van der Waals surface area contributed by atoms with Gasteiger partial charge in [0, 0.05) is 12.1 Å². The van der Waals surface area contributed by atoms with Crippen LogP contribution in [-0.2, 0) is 22.4 Å². The van der Waals surface area contributed by atoms with E-state index in [4.69, 9.17) is 9.84 Å². The first-order valence-corrected chi connectivity index (χ1v) is 11.4. The molecule has 5 nitrogen and oxygen atoms in total. The number of nitrogens with zero attached hydrogens (tertiary/aromatic N) is 1. The molecule has 0 spiro atoms. The molecule has 0 aliphatic carbocycles. The number of aliphatic carboxylic acids is 1. The lowest BCUT2D eigenvalue weighted by Gasteiger charge is -2.48. The molecule has 3 aromatic rings. The highest BCUT2D eigenvalue weighted by molar-refractivity contribution is 6.03. The van der Waals surface area contributed by atoms with Crippen LogP contribution in [0.5, 0.6) is 5.75 Å². The van der Waals surface area contributed by atoms with Crippen LogP contribution in [0.15, 0.2) is 78.9 Å². The van der Waals surface area contributed by atoms with Gasteiger partial charge < -0.3 is 14.7 Å². The number of methoxy groups -OCH3 is 1. The van der Waals surface area contributed by atoms with Crippen LogP contribution in [0.4, 0.5) is 5.69 Å². The van der Waals surface area contributed by atoms with Gasteiger partial charge in [0.05, 0.1) is 19.1 Å². The fourth-order valence-corrected chi connectivity index (χ4v) is 4.55. The molecule has 1 fully saturated rings. The topological polar surface area (TPSA) is 66.8 Å². The first-order chi connectivity index (χ1) is 16.1. The highest BCUT2D eigenvalue weighted by Gasteiger charge is 2.48. The van der Waals surface area contributed by atoms with E-state index in [1.807, 2.05) is 71.6 Å². The van der Waals surface area contributed by atoms with Crippen molar-refractivity contribution in [2.75, 3.05) is 12.0 Å². The molecule has 1 aliphatic heterocycles. The largest absolute Gasteiger partial charge is 0.497 e. The molecule has 1 aliphatic rings. The van der Waals surface area contributed by atoms with E-state index in [2.05, 4.69) is 12.1 Å². The Kier molecular flexibility index (Phi) is 7.08. The molecule has 1 heterocycles. The van der Waals surface area contributed by atoms with E-state index in [-0.39, 0.29) is 24.3 Å². The number of anilines is 1. The molecule has 0 saturated carbocycles. The summed E-state index contributed by atoms with van der Waals surface area (Å²) >= 11 is 0. The van der Waals surface area contributed by atoms with E-state index in [0.29, 0.717) is 6.42 Å². The third kappa shape index (κ3) is 5.25. The predicted molar refractivity (Wildman–Crippen MR) is 128 cm³/mol. The molecule has 1 amide bonds. The third-order valence-electron chi connectivity index (χ3n) is 6.34. The van der Waals surface area contributed by atoms with Gasteiger partial charge in [-0.1, -0.05) is 54.6 Å². The second-order valence-electron chi connectivity index (χ2n) is 8.47. The number of benzene rings is 3. The smallest absolute Gasteiger partial charge is 0.303 e. The Labute approximate surface area is 194 Å². The lowest BCUT2D eigenvalue weighted by molar-refractivity contribution is -0.137. The van der Waals surface area contributed by atoms with Crippen molar-refractivity contribution >= 4 is 17.6 Å². The van der Waals surface area contributed by atoms with Crippen molar-refractivity contribution < 1.29 is 19.4 Å². The maximum absolute atomic E-state index is 13.2. The van der Waals surface area contributed by atoms with Gasteiger partial charge in [-0.15, -0.1) is 0 Å². The standard InChI is InChI=1S/C28H29NO4/c1-33-24-17-15-23(16-18-24)29-27(22-13-10-21(11-14-22)12-19-26(30)31)25(28(29)32)9-5-8-20-6-3-2-4-7-20/h2-4,6-7,10-11,13-18,25,27H,5,8-9,12,19H2,1H3,(H,30,31)/t25-,27-/m0/s1. The van der Waals surface area contributed by atoms with Crippen LogP contribution in [0.1, 0.15) is 42.0 Å². The summed E-state index contributed by atoms with van der Waals surface area (Å²) in [5.41, 5.74) is 4.22. The number of hydrogen-bond acceptors (Lipinski definition) is 3. The molecule has 0 radical (unpaired) electrons. The molecule has 1 N–H and O–H groups in total. The van der Waals surface area contributed by atoms with Crippen molar-refractivity contribution in [3.8, 4) is 5.75 Å². The summed E-state index contributed by atoms with van der Waals surface area (Å²) in [5, 5.41) is 8.94. The van der Waals surface area contributed by atoms with Crippen LogP contribution < -0.4 is 9.64 Å². The van der Waals surface area contributed by atoms with E-state index in [1.165, 1.54) is 5.56 Å². The van der Waals surface area contributed by atoms with Crippen molar-refractivity contribution in [3.63, 3.8) is 0 Å². The molecule has 2 atom stereocenters. The Hall–Kier alpha value is -3.60. The van der Waals surface area contributed by atoms with Gasteiger partial charge in [-0.3, -0.25) is 9.59 Å². The van der Waals surface area contributed by atoms with Gasteiger partial charge in [-0.05, 0) is 66.6 Å². The van der Waals surface area contributed by atoms with Crippen LogP contribution in [0, 0.1) is 5.92 Å². The minimum absolute atomic E-state index is 0.0322. The van der Waals surface area contributed by atoms with E-state index >= 15 is 0 Å². The lowest BCUT2D eigenvalue weighted by atomic mass is 9.78. The average molecular weight is 444 g/mol. The van der Waals surface area contributed by atoms with E-state index in [9.17, 15) is 9.59 Å². The average Bonchev–Trinajstić information content (AvgIpc) is 2.85. The highest BCUT2D eigenvalue weighted by atomic mass is 16.5. The number of carboxylic acid groups (broad SMARTS) is 1. The third-order valence-corrected chi connectivity index (χ3v) is 6.34. The Bertz CT molecular complexity index is 1080. The van der Waals surface area contributed by atoms with E-state index in [1.54, 1.807) is 7.11 Å². The molecule has 0 unspecified atom stereocenters. The highest BCUT2D eigenvalue weighted by Crippen LogP contribution is 2.46. The molecule has 5 heteroatoms. The minimum atomic E-state index is -0.798. The van der Waals surface area contributed by atoms with Crippen LogP contribution in [0.3, 0.4) is 0 Å². The van der Waals surface area contributed by atoms with Gasteiger partial charge in [0.15, 0.2) is 0 Å². The molecular formula is C28H29NO4. The number of ether oxygens (including phenoxy) is 1. The van der Waals surface area contributed by atoms with Crippen molar-refractivity contribution in [3.05, 3.63) is 95.6 Å². The first kappa shape index (κ1) is 22.6. The van der Waals surface area contributed by atoms with Gasteiger partial charge in [-0.25, -0.2) is 0 Å². The van der Waals surface area contributed by atoms with Crippen LogP contribution in [0.25, 0.3) is 0 Å². The molecule has 0 bridgehead atoms. The summed E-state index contributed by atoms with van der Waals surface area (Å²) in [6, 6.07) is 25.9. The van der Waals surface area contributed by atoms with Crippen LogP contribution in [0.2, 0.25) is 0 Å². The van der Waals surface area contributed by atoms with Gasteiger partial charge in [0.1, 0.15) is 5.75 Å². The zero-order chi connectivity index (χ0) is 23.2. The fourth-order valence-electron chi connectivity index (χ4n) is 4.55. The molecule has 0 aromatic heterocycles. The lowest BCUT2D eigenvalue weighted by Crippen LogP contribution is -2.55. The molecule has 3 aromatic carbocycles. The maximum atomic E-state index is 13.2. The Morgan fingerprint density at radius 1 is 0.909 bits per heavy atom. The van der Waals surface area contributed by atoms with Crippen LogP contribution in [-0.4, -0.2) is 24.1 Å². The van der Waals surface area contributed by atoms with E-state index in [0.717, 1.165) is 41.8 Å². The Balaban J connectivity index is 1.52. The first-order valence-electron chi connectivity index (χ1n) is 11.4. The fraction of sp³-hybridized carbons (Fsp3) is 0.286. The minimum Gasteiger partial charge on any atom is -0.497 e. The van der Waals surface area contributed by atoms with Crippen molar-refractivity contribution in [2.45, 2.75) is 38.1 Å². The maximum Gasteiger partial charge on any atom is 0.303 e. The number of carbonyl (C=O) groups excluding carboxylic acids is 1. The van der Waals surface area contributed by atoms with Crippen LogP contribution >= 0.6 is 0 Å². The SMILES string of the molecule is COc1ccc(N2C(=O)[C@@H](CCCc3ccccc3)[C@@H]2c2ccc(CCC(=O)O)cc2)cc1. The number of rotatable bonds is 10. The number of amides is 1. The number of carbonyl (C=O) groups is 2. The Morgan fingerprint density at radius 3 is 2.21 bits per heavy atom. The van der Waals surface area contributed by atoms with Crippen molar-refractivity contribution in [1.29, 1.82) is 0 Å². The van der Waals surface area contributed by atoms with Crippen molar-refractivity contribution in [1.82, 2.24) is 0 Å². The molecule has 33 heavy (non-hydrogen) atoms. The molecule has 170 valence electrons. The molecular weight excluding hydrogens is 414 g/mol. The zero-order valence-electron chi connectivity index (χ0n) is 18.8. The summed E-state index contributed by atoms with van der Waals surface area (Å²) < 4.78 is 5.26. The van der Waals surface area contributed by atoms with Gasteiger partial charge >= 0.3 is 5.97 Å². The Morgan fingerprint density at radius 2 is 1.58 bits per heavy atom. The molecule has 1 saturated heterocycles. The van der Waals surface area contributed by atoms with E-state index < -0.39 is 5.97 Å². The normalized spacial score (nSPS) is 17.5. The van der Waals surface area contributed by atoms with Gasteiger partial charge in [-0.2, -0.15) is 0 Å². The summed E-state index contributed by atoms with van der Waals surface area (Å²) in [7, 11) is 1.63. The number of aryl methyl sites for hydroxylation is 2. The monoisotopic (exact) mass is 443 g/mol. The van der Waals surface area contributed by atoms with Crippen molar-refractivity contribution in [2.24, 2.45) is 5.92 Å². The second kappa shape index (κ2) is 10.3. The summed E-state index contributed by atoms with van der Waals surface area (Å²) in [4.78, 5) is 26.0. The number of carboxylic acids is 1. The second-order valence-corrected chi connectivity index (χ2v) is 8.47. The summed E-state index contributed by atoms with van der Waals surface area (Å²) in [6.45, 7) is 0. The summed E-state index contributed by atoms with van der Waals surface area (Å²) in [6.07, 6.45) is 3.34. The quantitative estimate of drug-likeness (QED) is 0.424. The summed E-state index contributed by atoms with van der Waals surface area (Å²) in [5.74, 6) is 0.0344.